The summed E-state index contributed by atoms with van der Waals surface area (Å²) >= 11 is 0. The highest BCUT2D eigenvalue weighted by Crippen LogP contribution is 2.44. The monoisotopic (exact) mass is 674 g/mol. The highest BCUT2D eigenvalue weighted by atomic mass is 32.2. The van der Waals surface area contributed by atoms with Crippen molar-refractivity contribution < 1.29 is 50.9 Å². The van der Waals surface area contributed by atoms with E-state index in [9.17, 15) is 22.8 Å². The second-order valence-electron chi connectivity index (χ2n) is 13.5. The number of ether oxygens (including phenoxy) is 5. The summed E-state index contributed by atoms with van der Waals surface area (Å²) in [6.07, 6.45) is -0.966. The molecule has 1 atom stereocenters. The van der Waals surface area contributed by atoms with Crippen LogP contribution in [-0.2, 0) is 40.4 Å². The van der Waals surface area contributed by atoms with E-state index in [-0.39, 0.29) is 55.6 Å². The first kappa shape index (κ1) is 37.1. The summed E-state index contributed by atoms with van der Waals surface area (Å²) in [5.41, 5.74) is -2.30. The van der Waals surface area contributed by atoms with Crippen molar-refractivity contribution in [1.82, 2.24) is 9.62 Å². The van der Waals surface area contributed by atoms with Crippen molar-refractivity contribution in [2.45, 2.75) is 85.5 Å². The lowest BCUT2D eigenvalue weighted by Crippen LogP contribution is -2.54. The lowest BCUT2D eigenvalue weighted by Gasteiger charge is -2.41. The number of amides is 3. The van der Waals surface area contributed by atoms with Crippen LogP contribution in [0.15, 0.2) is 6.07 Å². The van der Waals surface area contributed by atoms with E-state index in [1.54, 1.807) is 41.5 Å². The summed E-state index contributed by atoms with van der Waals surface area (Å²) < 4.78 is 72.5. The summed E-state index contributed by atoms with van der Waals surface area (Å²) in [5, 5.41) is 0. The van der Waals surface area contributed by atoms with Gasteiger partial charge in [0.15, 0.2) is 18.4 Å². The molecule has 14 nitrogen and oxygen atoms in total. The first-order valence-electron chi connectivity index (χ1n) is 15.1. The molecule has 16 heteroatoms. The molecule has 1 saturated heterocycles. The number of methoxy groups -OCH3 is 1. The Bertz CT molecular complexity index is 1390. The third kappa shape index (κ3) is 9.58. The quantitative estimate of drug-likeness (QED) is 0.270. The second-order valence-corrected chi connectivity index (χ2v) is 15.1. The molecule has 0 aromatic heterocycles. The number of carbonyl (C=O) groups excluding carboxylic acids is 3. The van der Waals surface area contributed by atoms with Gasteiger partial charge in [-0.3, -0.25) is 9.69 Å². The highest BCUT2D eigenvalue weighted by molar-refractivity contribution is 7.92. The molecule has 0 aliphatic carbocycles. The fourth-order valence-electron chi connectivity index (χ4n) is 4.82. The summed E-state index contributed by atoms with van der Waals surface area (Å²) in [5.74, 6) is -1.99. The molecule has 1 N–H and O–H groups in total. The van der Waals surface area contributed by atoms with Gasteiger partial charge in [0, 0.05) is 25.3 Å². The summed E-state index contributed by atoms with van der Waals surface area (Å²) in [7, 11) is -2.99. The first-order valence-corrected chi connectivity index (χ1v) is 16.6. The van der Waals surface area contributed by atoms with E-state index in [1.165, 1.54) is 23.0 Å². The van der Waals surface area contributed by atoms with Gasteiger partial charge in [-0.15, -0.1) is 0 Å². The normalized spacial score (nSPS) is 17.9. The predicted molar refractivity (Wildman–Crippen MR) is 168 cm³/mol. The number of fused-ring (bicyclic) bond motifs is 1. The Kier molecular flexibility index (Phi) is 11.8. The number of hydrogen-bond acceptors (Lipinski definition) is 10. The number of halogens is 1. The zero-order valence-electron chi connectivity index (χ0n) is 28.1. The van der Waals surface area contributed by atoms with Gasteiger partial charge in [0.25, 0.3) is 5.91 Å². The standard InChI is InChI=1S/C30H47FN4O10S/c1-19(2)10-11-33(27(37)44-29(3,4)5)20-14-21-22(34(16-20)28(38)45-30(6,7)8)15-23(43-18-42-13-12-41-9)26(25(21)31)35-17-24(36)32-46(35,39)40/h15,19-20H,10-14,16-18H2,1-9H3,(H,32,36). The molecule has 1 unspecified atom stereocenters. The largest absolute Gasteiger partial charge is 0.465 e. The molecule has 3 amide bonds. The predicted octanol–water partition coefficient (Wildman–Crippen LogP) is 3.96. The zero-order valence-corrected chi connectivity index (χ0v) is 28.9. The molecule has 0 bridgehead atoms. The lowest BCUT2D eigenvalue weighted by molar-refractivity contribution is -0.117. The molecule has 260 valence electrons. The molecule has 0 saturated carbocycles. The van der Waals surface area contributed by atoms with Crippen molar-refractivity contribution in [3.05, 3.63) is 17.4 Å². The van der Waals surface area contributed by atoms with Crippen LogP contribution in [0.1, 0.15) is 67.4 Å². The molecule has 1 aromatic carbocycles. The Balaban J connectivity index is 2.20. The third-order valence-corrected chi connectivity index (χ3v) is 8.21. The van der Waals surface area contributed by atoms with Crippen LogP contribution >= 0.6 is 0 Å². The van der Waals surface area contributed by atoms with E-state index in [0.717, 1.165) is 0 Å². The van der Waals surface area contributed by atoms with Gasteiger partial charge in [0.05, 0.1) is 31.5 Å². The average Bonchev–Trinajstić information content (AvgIpc) is 3.17. The van der Waals surface area contributed by atoms with Crippen LogP contribution < -0.4 is 18.7 Å². The molecule has 3 rings (SSSR count). The minimum absolute atomic E-state index is 0.0579. The smallest absolute Gasteiger partial charge is 0.414 e. The first-order chi connectivity index (χ1) is 21.2. The Morgan fingerprint density at radius 3 is 2.30 bits per heavy atom. The van der Waals surface area contributed by atoms with Gasteiger partial charge < -0.3 is 28.6 Å². The van der Waals surface area contributed by atoms with Crippen LogP contribution in [0.2, 0.25) is 0 Å². The van der Waals surface area contributed by atoms with Crippen molar-refractivity contribution in [1.29, 1.82) is 0 Å². The third-order valence-electron chi connectivity index (χ3n) is 6.84. The van der Waals surface area contributed by atoms with E-state index in [2.05, 4.69) is 0 Å². The molecule has 2 heterocycles. The number of carbonyl (C=O) groups is 3. The highest BCUT2D eigenvalue weighted by Gasteiger charge is 2.43. The van der Waals surface area contributed by atoms with Gasteiger partial charge in [-0.1, -0.05) is 13.8 Å². The molecule has 1 fully saturated rings. The van der Waals surface area contributed by atoms with E-state index >= 15 is 4.39 Å². The molecule has 0 radical (unpaired) electrons. The maximum atomic E-state index is 16.9. The number of nitrogens with one attached hydrogen (secondary N) is 1. The van der Waals surface area contributed by atoms with E-state index < -0.39 is 70.4 Å². The maximum absolute atomic E-state index is 16.9. The molecule has 0 spiro atoms. The molecular formula is C30H47FN4O10S. The second kappa shape index (κ2) is 14.6. The van der Waals surface area contributed by atoms with Crippen LogP contribution in [0.4, 0.5) is 25.4 Å². The zero-order chi connectivity index (χ0) is 34.6. The maximum Gasteiger partial charge on any atom is 0.414 e. The Hall–Kier alpha value is -3.37. The fourth-order valence-corrected chi connectivity index (χ4v) is 5.98. The minimum atomic E-state index is -4.47. The van der Waals surface area contributed by atoms with E-state index in [0.29, 0.717) is 10.7 Å². The average molecular weight is 675 g/mol. The molecular weight excluding hydrogens is 627 g/mol. The van der Waals surface area contributed by atoms with Gasteiger partial charge in [-0.25, -0.2) is 23.0 Å². The van der Waals surface area contributed by atoms with Gasteiger partial charge >= 0.3 is 22.4 Å². The Labute approximate surface area is 270 Å². The SMILES string of the molecule is COCCOCOc1cc2c(c(F)c1N1CC(=O)NS1(=O)=O)CC(N(CCC(C)C)C(=O)OC(C)(C)C)CN2C(=O)OC(C)(C)C. The molecule has 2 aliphatic heterocycles. The van der Waals surface area contributed by atoms with Gasteiger partial charge in [0.2, 0.25) is 0 Å². The molecule has 2 aliphatic rings. The number of benzene rings is 1. The molecule has 46 heavy (non-hydrogen) atoms. The number of nitrogens with zero attached hydrogens (tertiary/aromatic N) is 3. The van der Waals surface area contributed by atoms with Crippen LogP contribution in [-0.4, -0.2) is 95.4 Å². The Morgan fingerprint density at radius 1 is 1.11 bits per heavy atom. The van der Waals surface area contributed by atoms with Gasteiger partial charge in [-0.2, -0.15) is 8.42 Å². The summed E-state index contributed by atoms with van der Waals surface area (Å²) in [6.45, 7) is 13.7. The van der Waals surface area contributed by atoms with Gasteiger partial charge in [-0.05, 0) is 60.3 Å². The topological polar surface area (TPSA) is 153 Å². The number of hydrogen-bond donors (Lipinski definition) is 1. The van der Waals surface area contributed by atoms with E-state index in [4.69, 9.17) is 23.7 Å². The fraction of sp³-hybridized carbons (Fsp3) is 0.700. The van der Waals surface area contributed by atoms with Crippen molar-refractivity contribution in [2.24, 2.45) is 5.92 Å². The van der Waals surface area contributed by atoms with Crippen LogP contribution in [0.25, 0.3) is 0 Å². The number of anilines is 2. The van der Waals surface area contributed by atoms with E-state index in [1.807, 2.05) is 18.6 Å². The van der Waals surface area contributed by atoms with Crippen molar-refractivity contribution >= 4 is 39.7 Å². The van der Waals surface area contributed by atoms with Crippen molar-refractivity contribution in [3.8, 4) is 5.75 Å². The summed E-state index contributed by atoms with van der Waals surface area (Å²) in [6, 6.07) is 0.535. The van der Waals surface area contributed by atoms with Crippen LogP contribution in [0, 0.1) is 11.7 Å². The Morgan fingerprint density at radius 2 is 1.76 bits per heavy atom. The number of rotatable bonds is 11. The van der Waals surface area contributed by atoms with Crippen molar-refractivity contribution in [3.63, 3.8) is 0 Å². The minimum Gasteiger partial charge on any atom is -0.465 e. The van der Waals surface area contributed by atoms with Crippen LogP contribution in [0.3, 0.4) is 0 Å². The van der Waals surface area contributed by atoms with Crippen molar-refractivity contribution in [2.75, 3.05) is 56.0 Å². The molecule has 1 aromatic rings. The van der Waals surface area contributed by atoms with Crippen LogP contribution in [0.5, 0.6) is 5.75 Å². The summed E-state index contributed by atoms with van der Waals surface area (Å²) in [4.78, 5) is 42.0. The van der Waals surface area contributed by atoms with Gasteiger partial charge in [0.1, 0.15) is 23.4 Å². The lowest BCUT2D eigenvalue weighted by atomic mass is 9.94.